The van der Waals surface area contributed by atoms with Crippen molar-refractivity contribution in [1.82, 2.24) is 20.4 Å². The van der Waals surface area contributed by atoms with Crippen LogP contribution in [0.2, 0.25) is 0 Å². The molecule has 2 heterocycles. The number of nitrogens with zero attached hydrogens (tertiary/aromatic N) is 6. The minimum atomic E-state index is -0.114. The van der Waals surface area contributed by atoms with Gasteiger partial charge in [-0.3, -0.25) is 0 Å². The molecule has 0 unspecified atom stereocenters. The number of aromatic nitrogens is 4. The molecule has 0 spiro atoms. The molecule has 0 bridgehead atoms. The molecular formula is C74H60N6O2. The SMILES string of the molecule is CC(C)(C)c1ccc2c(-c3cccc(-c4nnc(-c5ccc(N(c6ccccc6)c6ccccc6)cc5)o4)c3)c3cc(C(C)(C)C)ccc3c(-c3cccc(-c4nnc(-c5ccc(N(c6ccccc6)c6ccccc6)cc5)o4)c3)c2c1. The molecule has 0 aliphatic rings. The average molecular weight is 1070 g/mol. The van der Waals surface area contributed by atoms with Crippen LogP contribution >= 0.6 is 0 Å². The summed E-state index contributed by atoms with van der Waals surface area (Å²) in [5.74, 6) is 1.79. The quantitative estimate of drug-likeness (QED) is 0.112. The Morgan fingerprint density at radius 2 is 0.549 bits per heavy atom. The lowest BCUT2D eigenvalue weighted by Gasteiger charge is -2.25. The zero-order valence-electron chi connectivity index (χ0n) is 46.7. The second kappa shape index (κ2) is 21.1. The highest BCUT2D eigenvalue weighted by Gasteiger charge is 2.25. The van der Waals surface area contributed by atoms with E-state index in [1.165, 1.54) is 11.1 Å². The van der Waals surface area contributed by atoms with Crippen LogP contribution in [0, 0.1) is 0 Å². The Hall–Kier alpha value is -10.2. The second-order valence-corrected chi connectivity index (χ2v) is 22.9. The van der Waals surface area contributed by atoms with Gasteiger partial charge < -0.3 is 18.6 Å². The maximum Gasteiger partial charge on any atom is 0.248 e. The van der Waals surface area contributed by atoms with Gasteiger partial charge in [-0.05, 0) is 199 Å². The van der Waals surface area contributed by atoms with E-state index in [2.05, 4.69) is 266 Å². The van der Waals surface area contributed by atoms with Crippen molar-refractivity contribution in [2.24, 2.45) is 0 Å². The Balaban J connectivity index is 0.874. The van der Waals surface area contributed by atoms with Gasteiger partial charge in [0.25, 0.3) is 0 Å². The number of para-hydroxylation sites is 4. The Kier molecular flexibility index (Phi) is 13.2. The summed E-state index contributed by atoms with van der Waals surface area (Å²) in [4.78, 5) is 4.47. The highest BCUT2D eigenvalue weighted by Crippen LogP contribution is 2.48. The van der Waals surface area contributed by atoms with Gasteiger partial charge in [0.05, 0.1) is 0 Å². The molecule has 0 saturated carbocycles. The van der Waals surface area contributed by atoms with Gasteiger partial charge in [0.15, 0.2) is 0 Å². The predicted octanol–water partition coefficient (Wildman–Crippen LogP) is 20.3. The number of anilines is 6. The molecule has 0 N–H and O–H groups in total. The van der Waals surface area contributed by atoms with E-state index in [1.807, 2.05) is 60.7 Å². The Labute approximate surface area is 478 Å². The molecule has 0 radical (unpaired) electrons. The molecule has 0 saturated heterocycles. The van der Waals surface area contributed by atoms with Gasteiger partial charge in [0.1, 0.15) is 0 Å². The molecule has 11 aromatic carbocycles. The van der Waals surface area contributed by atoms with Gasteiger partial charge in [0, 0.05) is 56.4 Å². The summed E-state index contributed by atoms with van der Waals surface area (Å²) >= 11 is 0. The molecule has 2 aromatic heterocycles. The van der Waals surface area contributed by atoms with Crippen LogP contribution in [0.15, 0.2) is 264 Å². The number of fused-ring (bicyclic) bond motifs is 2. The van der Waals surface area contributed by atoms with Crippen LogP contribution in [0.25, 0.3) is 89.6 Å². The van der Waals surface area contributed by atoms with Crippen LogP contribution in [-0.2, 0) is 10.8 Å². The first kappa shape index (κ1) is 51.3. The lowest BCUT2D eigenvalue weighted by Crippen LogP contribution is -2.11. The monoisotopic (exact) mass is 1060 g/mol. The highest BCUT2D eigenvalue weighted by atomic mass is 16.4. The predicted molar refractivity (Wildman–Crippen MR) is 337 cm³/mol. The molecule has 0 atom stereocenters. The fourth-order valence-corrected chi connectivity index (χ4v) is 11.0. The summed E-state index contributed by atoms with van der Waals surface area (Å²) in [7, 11) is 0. The van der Waals surface area contributed by atoms with Crippen molar-refractivity contribution in [3.05, 3.63) is 266 Å². The second-order valence-electron chi connectivity index (χ2n) is 22.9. The Morgan fingerprint density at radius 1 is 0.256 bits per heavy atom. The molecule has 13 rings (SSSR count). The van der Waals surface area contributed by atoms with Crippen molar-refractivity contribution < 1.29 is 8.83 Å². The zero-order chi connectivity index (χ0) is 56.0. The van der Waals surface area contributed by atoms with Gasteiger partial charge in [0.2, 0.25) is 23.6 Å². The third-order valence-electron chi connectivity index (χ3n) is 15.3. The molecule has 8 nitrogen and oxygen atoms in total. The maximum absolute atomic E-state index is 6.55. The number of hydrogen-bond donors (Lipinski definition) is 0. The zero-order valence-corrected chi connectivity index (χ0v) is 46.7. The fraction of sp³-hybridized carbons (Fsp3) is 0.108. The third-order valence-corrected chi connectivity index (χ3v) is 15.3. The van der Waals surface area contributed by atoms with Crippen LogP contribution in [0.4, 0.5) is 34.1 Å². The standard InChI is InChI=1S/C74H60N6O2/c1-73(2,3)55-37-43-63-65(47-55)67(51-21-19-23-53(45-51)71-77-75-69(81-71)49-33-39-61(40-34-49)79(57-25-11-7-12-26-57)58-27-13-8-14-28-58)64-44-38-56(74(4,5)6)48-66(64)68(63)52-22-20-24-54(46-52)72-78-76-70(82-72)50-35-41-62(42-36-50)80(59-29-15-9-16-30-59)60-31-17-10-18-32-60/h7-48H,1-6H3. The van der Waals surface area contributed by atoms with Crippen molar-refractivity contribution in [3.8, 4) is 68.1 Å². The van der Waals surface area contributed by atoms with Crippen molar-refractivity contribution in [3.63, 3.8) is 0 Å². The molecule has 13 aromatic rings. The van der Waals surface area contributed by atoms with Crippen LogP contribution < -0.4 is 9.80 Å². The van der Waals surface area contributed by atoms with Gasteiger partial charge in [-0.15, -0.1) is 20.4 Å². The van der Waals surface area contributed by atoms with Crippen molar-refractivity contribution in [2.45, 2.75) is 52.4 Å². The Morgan fingerprint density at radius 3 is 0.866 bits per heavy atom. The number of hydrogen-bond acceptors (Lipinski definition) is 8. The summed E-state index contributed by atoms with van der Waals surface area (Å²) in [6, 6.07) is 89.2. The lowest BCUT2D eigenvalue weighted by molar-refractivity contribution is 0.584. The van der Waals surface area contributed by atoms with Gasteiger partial charge in [-0.25, -0.2) is 0 Å². The molecule has 0 amide bonds. The smallest absolute Gasteiger partial charge is 0.248 e. The molecular weight excluding hydrogens is 1000 g/mol. The molecule has 0 aliphatic carbocycles. The summed E-state index contributed by atoms with van der Waals surface area (Å²) in [6.45, 7) is 13.6. The molecule has 398 valence electrons. The third kappa shape index (κ3) is 10.0. The first-order chi connectivity index (χ1) is 39.9. The molecule has 8 heteroatoms. The summed E-state index contributed by atoms with van der Waals surface area (Å²) in [5.41, 5.74) is 16.3. The maximum atomic E-state index is 6.55. The largest absolute Gasteiger partial charge is 0.416 e. The minimum absolute atomic E-state index is 0.114. The molecule has 0 aliphatic heterocycles. The van der Waals surface area contributed by atoms with E-state index in [-0.39, 0.29) is 10.8 Å². The fourth-order valence-electron chi connectivity index (χ4n) is 11.0. The van der Waals surface area contributed by atoms with E-state index < -0.39 is 0 Å². The lowest BCUT2D eigenvalue weighted by atomic mass is 9.79. The van der Waals surface area contributed by atoms with Gasteiger partial charge >= 0.3 is 0 Å². The van der Waals surface area contributed by atoms with Gasteiger partial charge in [-0.1, -0.05) is 163 Å². The summed E-state index contributed by atoms with van der Waals surface area (Å²) < 4.78 is 13.1. The van der Waals surface area contributed by atoms with Crippen LogP contribution in [0.1, 0.15) is 52.7 Å². The first-order valence-corrected chi connectivity index (χ1v) is 27.9. The van der Waals surface area contributed by atoms with E-state index in [0.717, 1.165) is 100 Å². The Bertz CT molecular complexity index is 4030. The summed E-state index contributed by atoms with van der Waals surface area (Å²) in [6.07, 6.45) is 0. The van der Waals surface area contributed by atoms with E-state index in [9.17, 15) is 0 Å². The van der Waals surface area contributed by atoms with Crippen LogP contribution in [0.3, 0.4) is 0 Å². The summed E-state index contributed by atoms with van der Waals surface area (Å²) in [5, 5.41) is 23.1. The van der Waals surface area contributed by atoms with Crippen molar-refractivity contribution in [1.29, 1.82) is 0 Å². The number of benzene rings is 11. The van der Waals surface area contributed by atoms with Crippen molar-refractivity contribution >= 4 is 55.7 Å². The normalized spacial score (nSPS) is 11.8. The van der Waals surface area contributed by atoms with E-state index in [4.69, 9.17) is 8.83 Å². The van der Waals surface area contributed by atoms with Crippen LogP contribution in [-0.4, -0.2) is 20.4 Å². The van der Waals surface area contributed by atoms with Crippen molar-refractivity contribution in [2.75, 3.05) is 9.80 Å². The van der Waals surface area contributed by atoms with E-state index in [1.54, 1.807) is 0 Å². The van der Waals surface area contributed by atoms with Gasteiger partial charge in [-0.2, -0.15) is 0 Å². The molecule has 82 heavy (non-hydrogen) atoms. The highest BCUT2D eigenvalue weighted by molar-refractivity contribution is 6.22. The molecule has 0 fully saturated rings. The van der Waals surface area contributed by atoms with Crippen LogP contribution in [0.5, 0.6) is 0 Å². The number of rotatable bonds is 12. The average Bonchev–Trinajstić information content (AvgIpc) is 4.35. The van der Waals surface area contributed by atoms with E-state index >= 15 is 0 Å². The topological polar surface area (TPSA) is 84.3 Å². The van der Waals surface area contributed by atoms with E-state index in [0.29, 0.717) is 23.6 Å². The first-order valence-electron chi connectivity index (χ1n) is 27.9. The minimum Gasteiger partial charge on any atom is -0.416 e.